The average Bonchev–Trinajstić information content (AvgIpc) is 2.88. The minimum atomic E-state index is -0.134. The van der Waals surface area contributed by atoms with E-state index in [0.29, 0.717) is 12.8 Å². The maximum Gasteiger partial charge on any atom is 0.243 e. The summed E-state index contributed by atoms with van der Waals surface area (Å²) in [6, 6.07) is 7.06. The Morgan fingerprint density at radius 1 is 1.33 bits per heavy atom. The molecular formula is C14H19NO3. The van der Waals surface area contributed by atoms with E-state index < -0.39 is 0 Å². The molecule has 0 unspecified atom stereocenters. The van der Waals surface area contributed by atoms with Gasteiger partial charge in [0.2, 0.25) is 5.91 Å². The lowest BCUT2D eigenvalue weighted by Gasteiger charge is -2.11. The zero-order chi connectivity index (χ0) is 12.8. The molecular weight excluding hydrogens is 230 g/mol. The number of benzene rings is 1. The highest BCUT2D eigenvalue weighted by atomic mass is 16.7. The van der Waals surface area contributed by atoms with Gasteiger partial charge in [0.05, 0.1) is 6.10 Å². The Hall–Kier alpha value is -1.55. The summed E-state index contributed by atoms with van der Waals surface area (Å²) in [4.78, 5) is 16.9. The Labute approximate surface area is 107 Å². The highest BCUT2D eigenvalue weighted by molar-refractivity contribution is 5.75. The SMILES string of the molecule is O=C(CCc1ccccc1O)NOC1CCCC1. The first kappa shape index (κ1) is 12.9. The van der Waals surface area contributed by atoms with Crippen LogP contribution in [-0.4, -0.2) is 17.1 Å². The molecule has 1 aromatic carbocycles. The Morgan fingerprint density at radius 2 is 2.06 bits per heavy atom. The summed E-state index contributed by atoms with van der Waals surface area (Å²) in [6.07, 6.45) is 5.44. The first-order valence-electron chi connectivity index (χ1n) is 6.47. The van der Waals surface area contributed by atoms with Gasteiger partial charge >= 0.3 is 0 Å². The number of carbonyl (C=O) groups excluding carboxylic acids is 1. The summed E-state index contributed by atoms with van der Waals surface area (Å²) < 4.78 is 0. The number of aromatic hydroxyl groups is 1. The predicted octanol–water partition coefficient (Wildman–Crippen LogP) is 2.32. The average molecular weight is 249 g/mol. The molecule has 0 saturated heterocycles. The normalized spacial score (nSPS) is 15.8. The number of para-hydroxylation sites is 1. The van der Waals surface area contributed by atoms with Crippen LogP contribution in [0.15, 0.2) is 24.3 Å². The molecule has 18 heavy (non-hydrogen) atoms. The van der Waals surface area contributed by atoms with Crippen molar-refractivity contribution < 1.29 is 14.7 Å². The fourth-order valence-electron chi connectivity index (χ4n) is 2.18. The molecule has 0 aromatic heterocycles. The molecule has 1 fully saturated rings. The third-order valence-corrected chi connectivity index (χ3v) is 3.25. The molecule has 1 saturated carbocycles. The third-order valence-electron chi connectivity index (χ3n) is 3.25. The van der Waals surface area contributed by atoms with Crippen LogP contribution in [0.5, 0.6) is 5.75 Å². The number of aryl methyl sites for hydroxylation is 1. The number of rotatable bonds is 5. The molecule has 1 aliphatic rings. The molecule has 2 rings (SSSR count). The van der Waals surface area contributed by atoms with E-state index in [0.717, 1.165) is 18.4 Å². The standard InChI is InChI=1S/C14H19NO3/c16-13-8-4-1-5-11(13)9-10-14(17)15-18-12-6-2-3-7-12/h1,4-5,8,12,16H,2-3,6-7,9-10H2,(H,15,17). The Balaban J connectivity index is 1.69. The zero-order valence-electron chi connectivity index (χ0n) is 10.4. The van der Waals surface area contributed by atoms with Crippen LogP contribution in [-0.2, 0) is 16.1 Å². The molecule has 0 atom stereocenters. The van der Waals surface area contributed by atoms with Crippen molar-refractivity contribution in [3.05, 3.63) is 29.8 Å². The number of carbonyl (C=O) groups is 1. The van der Waals surface area contributed by atoms with E-state index in [9.17, 15) is 9.90 Å². The van der Waals surface area contributed by atoms with Crippen LogP contribution in [0.4, 0.5) is 0 Å². The number of hydroxylamine groups is 1. The van der Waals surface area contributed by atoms with Crippen LogP contribution in [0, 0.1) is 0 Å². The van der Waals surface area contributed by atoms with Crippen LogP contribution in [0.25, 0.3) is 0 Å². The molecule has 2 N–H and O–H groups in total. The van der Waals surface area contributed by atoms with Gasteiger partial charge < -0.3 is 5.11 Å². The van der Waals surface area contributed by atoms with Gasteiger partial charge in [-0.05, 0) is 30.9 Å². The lowest BCUT2D eigenvalue weighted by molar-refractivity contribution is -0.138. The van der Waals surface area contributed by atoms with Crippen molar-refractivity contribution in [2.45, 2.75) is 44.6 Å². The molecule has 0 radical (unpaired) electrons. The molecule has 0 aliphatic heterocycles. The number of phenols is 1. The molecule has 98 valence electrons. The lowest BCUT2D eigenvalue weighted by Crippen LogP contribution is -2.28. The maximum atomic E-state index is 11.6. The summed E-state index contributed by atoms with van der Waals surface area (Å²) in [6.45, 7) is 0. The largest absolute Gasteiger partial charge is 0.508 e. The van der Waals surface area contributed by atoms with E-state index in [1.54, 1.807) is 12.1 Å². The van der Waals surface area contributed by atoms with E-state index in [-0.39, 0.29) is 17.8 Å². The number of amides is 1. The Bertz CT molecular complexity index is 400. The smallest absolute Gasteiger partial charge is 0.243 e. The second-order valence-corrected chi connectivity index (χ2v) is 4.68. The summed E-state index contributed by atoms with van der Waals surface area (Å²) in [5, 5.41) is 9.56. The van der Waals surface area contributed by atoms with Gasteiger partial charge in [0.1, 0.15) is 5.75 Å². The van der Waals surface area contributed by atoms with Gasteiger partial charge in [-0.2, -0.15) is 0 Å². The van der Waals surface area contributed by atoms with Gasteiger partial charge in [-0.3, -0.25) is 9.63 Å². The molecule has 1 aromatic rings. The summed E-state index contributed by atoms with van der Waals surface area (Å²) >= 11 is 0. The van der Waals surface area contributed by atoms with E-state index >= 15 is 0 Å². The second-order valence-electron chi connectivity index (χ2n) is 4.68. The highest BCUT2D eigenvalue weighted by Crippen LogP contribution is 2.20. The van der Waals surface area contributed by atoms with Crippen LogP contribution in [0.3, 0.4) is 0 Å². The molecule has 0 bridgehead atoms. The molecule has 1 amide bonds. The fraction of sp³-hybridized carbons (Fsp3) is 0.500. The number of phenolic OH excluding ortho intramolecular Hbond substituents is 1. The fourth-order valence-corrected chi connectivity index (χ4v) is 2.18. The van der Waals surface area contributed by atoms with Gasteiger partial charge in [-0.15, -0.1) is 0 Å². The molecule has 4 heteroatoms. The number of hydrogen-bond acceptors (Lipinski definition) is 3. The van der Waals surface area contributed by atoms with E-state index in [2.05, 4.69) is 5.48 Å². The summed E-state index contributed by atoms with van der Waals surface area (Å²) in [7, 11) is 0. The molecule has 4 nitrogen and oxygen atoms in total. The van der Waals surface area contributed by atoms with Gasteiger partial charge in [-0.25, -0.2) is 5.48 Å². The second kappa shape index (κ2) is 6.40. The van der Waals surface area contributed by atoms with Crippen LogP contribution in [0.1, 0.15) is 37.7 Å². The topological polar surface area (TPSA) is 58.6 Å². The van der Waals surface area contributed by atoms with Crippen molar-refractivity contribution in [2.24, 2.45) is 0 Å². The number of nitrogens with one attached hydrogen (secondary N) is 1. The van der Waals surface area contributed by atoms with Crippen molar-refractivity contribution in [2.75, 3.05) is 0 Å². The van der Waals surface area contributed by atoms with Gasteiger partial charge in [-0.1, -0.05) is 31.0 Å². The van der Waals surface area contributed by atoms with E-state index in [4.69, 9.17) is 4.84 Å². The molecule has 0 spiro atoms. The van der Waals surface area contributed by atoms with Crippen molar-refractivity contribution in [1.29, 1.82) is 0 Å². The highest BCUT2D eigenvalue weighted by Gasteiger charge is 2.16. The first-order valence-corrected chi connectivity index (χ1v) is 6.47. The van der Waals surface area contributed by atoms with Gasteiger partial charge in [0.25, 0.3) is 0 Å². The first-order chi connectivity index (χ1) is 8.75. The maximum absolute atomic E-state index is 11.6. The van der Waals surface area contributed by atoms with E-state index in [1.165, 1.54) is 12.8 Å². The van der Waals surface area contributed by atoms with Crippen LogP contribution >= 0.6 is 0 Å². The monoisotopic (exact) mass is 249 g/mol. The Morgan fingerprint density at radius 3 is 2.78 bits per heavy atom. The van der Waals surface area contributed by atoms with Crippen LogP contribution < -0.4 is 5.48 Å². The van der Waals surface area contributed by atoms with Gasteiger partial charge in [0.15, 0.2) is 0 Å². The Kier molecular flexibility index (Phi) is 4.59. The summed E-state index contributed by atoms with van der Waals surface area (Å²) in [5.74, 6) is 0.104. The minimum absolute atomic E-state index is 0.134. The van der Waals surface area contributed by atoms with Crippen molar-refractivity contribution >= 4 is 5.91 Å². The minimum Gasteiger partial charge on any atom is -0.508 e. The zero-order valence-corrected chi connectivity index (χ0v) is 10.4. The van der Waals surface area contributed by atoms with Gasteiger partial charge in [0, 0.05) is 6.42 Å². The van der Waals surface area contributed by atoms with E-state index in [1.807, 2.05) is 12.1 Å². The quantitative estimate of drug-likeness (QED) is 0.787. The summed E-state index contributed by atoms with van der Waals surface area (Å²) in [5.41, 5.74) is 3.28. The van der Waals surface area contributed by atoms with Crippen molar-refractivity contribution in [3.63, 3.8) is 0 Å². The van der Waals surface area contributed by atoms with Crippen LogP contribution in [0.2, 0.25) is 0 Å². The predicted molar refractivity (Wildman–Crippen MR) is 67.9 cm³/mol. The number of hydrogen-bond donors (Lipinski definition) is 2. The van der Waals surface area contributed by atoms with Crippen molar-refractivity contribution in [1.82, 2.24) is 5.48 Å². The lowest BCUT2D eigenvalue weighted by atomic mass is 10.1. The molecule has 0 heterocycles. The van der Waals surface area contributed by atoms with Crippen molar-refractivity contribution in [3.8, 4) is 5.75 Å². The third kappa shape index (κ3) is 3.74. The molecule has 1 aliphatic carbocycles.